The predicted molar refractivity (Wildman–Crippen MR) is 134 cm³/mol. The molecule has 1 saturated heterocycles. The van der Waals surface area contributed by atoms with Crippen molar-refractivity contribution in [1.82, 2.24) is 4.90 Å². The maximum Gasteiger partial charge on any atom is 0.461 e. The molecule has 2 unspecified atom stereocenters. The van der Waals surface area contributed by atoms with Crippen LogP contribution in [0.15, 0.2) is 78.9 Å². The molecule has 3 aromatic rings. The number of fused-ring (bicyclic) bond motifs is 5. The van der Waals surface area contributed by atoms with Crippen LogP contribution in [-0.4, -0.2) is 42.2 Å². The zero-order valence-corrected chi connectivity index (χ0v) is 20.3. The molecule has 1 amide bonds. The summed E-state index contributed by atoms with van der Waals surface area (Å²) in [6, 6.07) is 21.8. The monoisotopic (exact) mass is 523 g/mol. The van der Waals surface area contributed by atoms with Crippen LogP contribution in [0.5, 0.6) is 5.75 Å². The number of alkyl halides is 4. The predicted octanol–water partition coefficient (Wildman–Crippen LogP) is 7.49. The number of amides is 1. The van der Waals surface area contributed by atoms with Gasteiger partial charge < -0.3 is 9.47 Å². The van der Waals surface area contributed by atoms with Crippen LogP contribution in [0.3, 0.4) is 0 Å². The lowest BCUT2D eigenvalue weighted by Gasteiger charge is -2.33. The first-order chi connectivity index (χ1) is 18.3. The molecule has 3 aromatic carbocycles. The van der Waals surface area contributed by atoms with Crippen LogP contribution in [0.2, 0.25) is 0 Å². The second-order valence-corrected chi connectivity index (χ2v) is 9.90. The van der Waals surface area contributed by atoms with E-state index in [4.69, 9.17) is 4.74 Å². The zero-order valence-electron chi connectivity index (χ0n) is 20.3. The molecule has 2 aliphatic heterocycles. The number of hydrogen-bond donors (Lipinski definition) is 0. The van der Waals surface area contributed by atoms with Gasteiger partial charge in [-0.15, -0.1) is 0 Å². The summed E-state index contributed by atoms with van der Waals surface area (Å²) in [5, 5.41) is 0. The van der Waals surface area contributed by atoms with Crippen LogP contribution in [0.4, 0.5) is 22.4 Å². The Balaban J connectivity index is 1.16. The molecule has 0 spiro atoms. The third-order valence-corrected chi connectivity index (χ3v) is 7.66. The number of hydrogen-bond acceptors (Lipinski definition) is 3. The second kappa shape index (κ2) is 9.49. The van der Waals surface area contributed by atoms with Gasteiger partial charge in [0.05, 0.1) is 6.04 Å². The van der Waals surface area contributed by atoms with Crippen molar-refractivity contribution >= 4 is 11.7 Å². The lowest BCUT2D eigenvalue weighted by atomic mass is 9.95. The average molecular weight is 524 g/mol. The number of ether oxygens (including phenoxy) is 2. The highest BCUT2D eigenvalue weighted by atomic mass is 19.3. The maximum absolute atomic E-state index is 13.4. The van der Waals surface area contributed by atoms with Crippen molar-refractivity contribution in [3.63, 3.8) is 0 Å². The van der Waals surface area contributed by atoms with Gasteiger partial charge >= 0.3 is 18.6 Å². The fourth-order valence-electron chi connectivity index (χ4n) is 5.96. The molecule has 2 bridgehead atoms. The Labute approximate surface area is 217 Å². The molecule has 4 nitrogen and oxygen atoms in total. The third-order valence-electron chi connectivity index (χ3n) is 7.66. The van der Waals surface area contributed by atoms with E-state index in [1.165, 1.54) is 18.2 Å². The molecular formula is C30H25F4NO3. The van der Waals surface area contributed by atoms with Crippen molar-refractivity contribution in [1.29, 1.82) is 0 Å². The maximum atomic E-state index is 13.4. The van der Waals surface area contributed by atoms with Gasteiger partial charge in [0.25, 0.3) is 0 Å². The molecule has 0 N–H and O–H groups in total. The number of halogens is 4. The van der Waals surface area contributed by atoms with E-state index in [0.717, 1.165) is 40.7 Å². The Morgan fingerprint density at radius 1 is 0.947 bits per heavy atom. The fraction of sp³-hybridized carbons (Fsp3) is 0.300. The van der Waals surface area contributed by atoms with E-state index >= 15 is 0 Å². The SMILES string of the molecule is O=C(OCC1c2ccccc2-c2ccccc21)N1C2C=C(c3cccc(OC(F)(F)C(F)F)c3)CC1CC2. The van der Waals surface area contributed by atoms with Gasteiger partial charge in [-0.1, -0.05) is 66.7 Å². The van der Waals surface area contributed by atoms with Crippen LogP contribution in [0.25, 0.3) is 16.7 Å². The number of rotatable bonds is 6. The second-order valence-electron chi connectivity index (χ2n) is 9.90. The molecule has 0 radical (unpaired) electrons. The minimum atomic E-state index is -4.57. The first-order valence-electron chi connectivity index (χ1n) is 12.6. The van der Waals surface area contributed by atoms with E-state index in [1.807, 2.05) is 30.3 Å². The average Bonchev–Trinajstić information content (AvgIpc) is 3.37. The van der Waals surface area contributed by atoms with Crippen LogP contribution < -0.4 is 4.74 Å². The van der Waals surface area contributed by atoms with Crippen LogP contribution >= 0.6 is 0 Å². The molecule has 1 aliphatic carbocycles. The first kappa shape index (κ1) is 24.5. The molecule has 2 atom stereocenters. The fourth-order valence-corrected chi connectivity index (χ4v) is 5.96. The quantitative estimate of drug-likeness (QED) is 0.314. The lowest BCUT2D eigenvalue weighted by molar-refractivity contribution is -0.253. The Morgan fingerprint density at radius 3 is 2.29 bits per heavy atom. The van der Waals surface area contributed by atoms with Gasteiger partial charge in [0.2, 0.25) is 0 Å². The lowest BCUT2D eigenvalue weighted by Crippen LogP contribution is -2.43. The number of carbonyl (C=O) groups excluding carboxylic acids is 1. The zero-order chi connectivity index (χ0) is 26.4. The normalized spacial score (nSPS) is 20.2. The molecule has 0 aromatic heterocycles. The molecule has 2 heterocycles. The van der Waals surface area contributed by atoms with Gasteiger partial charge in [0.15, 0.2) is 0 Å². The minimum Gasteiger partial charge on any atom is -0.448 e. The van der Waals surface area contributed by atoms with E-state index in [0.29, 0.717) is 12.0 Å². The van der Waals surface area contributed by atoms with Crippen molar-refractivity contribution in [2.24, 2.45) is 0 Å². The van der Waals surface area contributed by atoms with Crippen molar-refractivity contribution in [2.45, 2.75) is 49.8 Å². The van der Waals surface area contributed by atoms with Gasteiger partial charge in [-0.05, 0) is 64.8 Å². The van der Waals surface area contributed by atoms with Gasteiger partial charge in [-0.2, -0.15) is 17.6 Å². The van der Waals surface area contributed by atoms with Crippen molar-refractivity contribution in [2.75, 3.05) is 6.61 Å². The summed E-state index contributed by atoms with van der Waals surface area (Å²) in [6.07, 6.45) is -4.87. The van der Waals surface area contributed by atoms with E-state index in [1.54, 1.807) is 11.0 Å². The van der Waals surface area contributed by atoms with Crippen molar-refractivity contribution in [3.05, 3.63) is 95.6 Å². The van der Waals surface area contributed by atoms with Crippen LogP contribution in [0, 0.1) is 0 Å². The Kier molecular flexibility index (Phi) is 6.13. The molecule has 8 heteroatoms. The van der Waals surface area contributed by atoms with Gasteiger partial charge in [0, 0.05) is 12.0 Å². The van der Waals surface area contributed by atoms with E-state index in [-0.39, 0.29) is 36.5 Å². The number of benzene rings is 3. The summed E-state index contributed by atoms with van der Waals surface area (Å²) >= 11 is 0. The standard InChI is InChI=1S/C30H25F4NO3/c31-28(32)30(33,34)38-22-7-5-6-18(16-22)19-14-20-12-13-21(15-19)35(20)29(36)37-17-27-25-10-3-1-8-23(25)24-9-2-4-11-26(24)27/h1-11,14,16,20-21,27-28H,12-13,15,17H2. The largest absolute Gasteiger partial charge is 0.461 e. The molecule has 6 rings (SSSR count). The highest BCUT2D eigenvalue weighted by Gasteiger charge is 2.44. The molecule has 1 fully saturated rings. The summed E-state index contributed by atoms with van der Waals surface area (Å²) in [4.78, 5) is 15.0. The Morgan fingerprint density at radius 2 is 1.63 bits per heavy atom. The molecule has 0 saturated carbocycles. The third kappa shape index (κ3) is 4.31. The highest BCUT2D eigenvalue weighted by molar-refractivity contribution is 5.79. The molecule has 196 valence electrons. The Bertz CT molecular complexity index is 1360. The summed E-state index contributed by atoms with van der Waals surface area (Å²) in [5.74, 6) is -0.367. The van der Waals surface area contributed by atoms with Crippen molar-refractivity contribution in [3.8, 4) is 16.9 Å². The van der Waals surface area contributed by atoms with Crippen molar-refractivity contribution < 1.29 is 31.8 Å². The molecular weight excluding hydrogens is 498 g/mol. The summed E-state index contributed by atoms with van der Waals surface area (Å²) < 4.78 is 62.0. The van der Waals surface area contributed by atoms with Crippen LogP contribution in [0.1, 0.15) is 41.9 Å². The van der Waals surface area contributed by atoms with E-state index < -0.39 is 12.5 Å². The van der Waals surface area contributed by atoms with Gasteiger partial charge in [-0.3, -0.25) is 4.90 Å². The van der Waals surface area contributed by atoms with E-state index in [9.17, 15) is 22.4 Å². The summed E-state index contributed by atoms with van der Waals surface area (Å²) in [6.45, 7) is 0.233. The molecule has 3 aliphatic rings. The van der Waals surface area contributed by atoms with Gasteiger partial charge in [-0.25, -0.2) is 4.79 Å². The van der Waals surface area contributed by atoms with Gasteiger partial charge in [0.1, 0.15) is 12.4 Å². The minimum absolute atomic E-state index is 0.0333. The highest BCUT2D eigenvalue weighted by Crippen LogP contribution is 2.45. The topological polar surface area (TPSA) is 38.8 Å². The number of carbonyl (C=O) groups is 1. The molecule has 38 heavy (non-hydrogen) atoms. The van der Waals surface area contributed by atoms with Crippen LogP contribution in [-0.2, 0) is 4.74 Å². The smallest absolute Gasteiger partial charge is 0.448 e. The Hall–Kier alpha value is -3.81. The first-order valence-corrected chi connectivity index (χ1v) is 12.6. The number of nitrogens with zero attached hydrogens (tertiary/aromatic N) is 1. The summed E-state index contributed by atoms with van der Waals surface area (Å²) in [5.41, 5.74) is 6.08. The summed E-state index contributed by atoms with van der Waals surface area (Å²) in [7, 11) is 0. The van der Waals surface area contributed by atoms with E-state index in [2.05, 4.69) is 29.0 Å².